The van der Waals surface area contributed by atoms with Crippen molar-refractivity contribution in [1.82, 2.24) is 0 Å². The van der Waals surface area contributed by atoms with Crippen molar-refractivity contribution in [2.24, 2.45) is 11.8 Å². The van der Waals surface area contributed by atoms with Gasteiger partial charge in [-0.05, 0) is 18.3 Å². The van der Waals surface area contributed by atoms with Crippen LogP contribution in [0, 0.1) is 11.8 Å². The van der Waals surface area contributed by atoms with Crippen LogP contribution in [0.3, 0.4) is 0 Å². The first-order valence-corrected chi connectivity index (χ1v) is 7.99. The summed E-state index contributed by atoms with van der Waals surface area (Å²) < 4.78 is 9.68. The van der Waals surface area contributed by atoms with Gasteiger partial charge in [0.05, 0.1) is 13.2 Å². The van der Waals surface area contributed by atoms with E-state index in [2.05, 4.69) is 27.0 Å². The Hall–Kier alpha value is -1.58. The molecule has 4 heteroatoms. The van der Waals surface area contributed by atoms with Crippen LogP contribution in [0.25, 0.3) is 0 Å². The van der Waals surface area contributed by atoms with E-state index in [0.29, 0.717) is 25.0 Å². The van der Waals surface area contributed by atoms with E-state index >= 15 is 0 Å². The van der Waals surface area contributed by atoms with Crippen molar-refractivity contribution in [2.75, 3.05) is 13.2 Å². The average molecular weight is 312 g/mol. The molecule has 0 bridgehead atoms. The van der Waals surface area contributed by atoms with Gasteiger partial charge in [0.25, 0.3) is 0 Å². The Kier molecular flexibility index (Phi) is 16.3. The number of carbonyl (C=O) groups excluding carboxylic acids is 2. The number of hydrogen-bond donors (Lipinski definition) is 0. The lowest BCUT2D eigenvalue weighted by atomic mass is 10.0. The van der Waals surface area contributed by atoms with Crippen LogP contribution in [0.5, 0.6) is 0 Å². The maximum atomic E-state index is 10.8. The molecule has 1 unspecified atom stereocenters. The normalized spacial score (nSPS) is 11.0. The summed E-state index contributed by atoms with van der Waals surface area (Å²) in [5.74, 6) is 0.261. The van der Waals surface area contributed by atoms with Gasteiger partial charge in [0.2, 0.25) is 0 Å². The number of ether oxygens (including phenoxy) is 2. The molecule has 4 nitrogen and oxygen atoms in total. The van der Waals surface area contributed by atoms with Gasteiger partial charge in [-0.25, -0.2) is 9.59 Å². The summed E-state index contributed by atoms with van der Waals surface area (Å²) >= 11 is 0. The molecule has 0 aliphatic carbocycles. The van der Waals surface area contributed by atoms with Gasteiger partial charge in [-0.3, -0.25) is 0 Å². The minimum atomic E-state index is -0.344. The summed E-state index contributed by atoms with van der Waals surface area (Å²) in [6, 6.07) is 0. The van der Waals surface area contributed by atoms with E-state index in [1.165, 1.54) is 25.0 Å². The lowest BCUT2D eigenvalue weighted by Gasteiger charge is -2.13. The molecule has 0 fully saturated rings. The van der Waals surface area contributed by atoms with Crippen LogP contribution >= 0.6 is 0 Å². The van der Waals surface area contributed by atoms with Crippen molar-refractivity contribution in [3.05, 3.63) is 25.3 Å². The molecule has 0 aliphatic rings. The third kappa shape index (κ3) is 16.5. The van der Waals surface area contributed by atoms with Crippen LogP contribution in [0.1, 0.15) is 53.4 Å². The second kappa shape index (κ2) is 15.8. The van der Waals surface area contributed by atoms with Gasteiger partial charge < -0.3 is 9.47 Å². The molecule has 0 aromatic heterocycles. The Morgan fingerprint density at radius 1 is 1.00 bits per heavy atom. The molecular weight excluding hydrogens is 280 g/mol. The maximum absolute atomic E-state index is 10.8. The largest absolute Gasteiger partial charge is 0.462 e. The number of hydrogen-bond acceptors (Lipinski definition) is 4. The SMILES string of the molecule is C=CC(=O)OCC(C)C.C=CC(=O)OCC(CC)CCCC. The average Bonchev–Trinajstić information content (AvgIpc) is 2.52. The molecule has 0 heterocycles. The summed E-state index contributed by atoms with van der Waals surface area (Å²) in [7, 11) is 0. The van der Waals surface area contributed by atoms with Gasteiger partial charge in [0.15, 0.2) is 0 Å². The molecule has 128 valence electrons. The molecule has 0 saturated carbocycles. The fourth-order valence-corrected chi connectivity index (χ4v) is 1.46. The van der Waals surface area contributed by atoms with Gasteiger partial charge in [-0.15, -0.1) is 0 Å². The molecule has 0 N–H and O–H groups in total. The first kappa shape index (κ1) is 22.7. The van der Waals surface area contributed by atoms with Crippen molar-refractivity contribution in [1.29, 1.82) is 0 Å². The molecule has 0 spiro atoms. The predicted octanol–water partition coefficient (Wildman–Crippen LogP) is 4.30. The molecule has 0 saturated heterocycles. The van der Waals surface area contributed by atoms with Crippen molar-refractivity contribution in [3.8, 4) is 0 Å². The standard InChI is InChI=1S/C11H20O2.C7H12O2/c1-4-7-8-10(5-2)9-13-11(12)6-3;1-4-7(8)9-5-6(2)3/h6,10H,3-5,7-9H2,1-2H3;4,6H,1,5H2,2-3H3. The van der Waals surface area contributed by atoms with Gasteiger partial charge >= 0.3 is 11.9 Å². The van der Waals surface area contributed by atoms with E-state index in [0.717, 1.165) is 12.8 Å². The second-order valence-electron chi connectivity index (χ2n) is 5.48. The van der Waals surface area contributed by atoms with Gasteiger partial charge in [-0.1, -0.05) is 60.1 Å². The number of esters is 2. The Morgan fingerprint density at radius 3 is 1.86 bits per heavy atom. The van der Waals surface area contributed by atoms with Gasteiger partial charge in [0, 0.05) is 12.2 Å². The van der Waals surface area contributed by atoms with Crippen LogP contribution in [-0.4, -0.2) is 25.2 Å². The zero-order chi connectivity index (χ0) is 17.4. The highest BCUT2D eigenvalue weighted by atomic mass is 16.5. The lowest BCUT2D eigenvalue weighted by Crippen LogP contribution is -2.12. The zero-order valence-electron chi connectivity index (χ0n) is 14.6. The van der Waals surface area contributed by atoms with E-state index in [4.69, 9.17) is 9.47 Å². The van der Waals surface area contributed by atoms with Crippen LogP contribution in [0.4, 0.5) is 0 Å². The first-order valence-electron chi connectivity index (χ1n) is 7.99. The first-order chi connectivity index (χ1) is 10.4. The number of unbranched alkanes of at least 4 members (excludes halogenated alkanes) is 1. The maximum Gasteiger partial charge on any atom is 0.330 e. The summed E-state index contributed by atoms with van der Waals surface area (Å²) in [4.78, 5) is 21.1. The quantitative estimate of drug-likeness (QED) is 0.446. The smallest absolute Gasteiger partial charge is 0.330 e. The van der Waals surface area contributed by atoms with Crippen LogP contribution in [0.15, 0.2) is 25.3 Å². The molecule has 22 heavy (non-hydrogen) atoms. The highest BCUT2D eigenvalue weighted by Crippen LogP contribution is 2.12. The molecule has 0 aromatic rings. The fraction of sp³-hybridized carbons (Fsp3) is 0.667. The van der Waals surface area contributed by atoms with Crippen LogP contribution in [-0.2, 0) is 19.1 Å². The third-order valence-corrected chi connectivity index (χ3v) is 2.90. The highest BCUT2D eigenvalue weighted by Gasteiger charge is 2.07. The van der Waals surface area contributed by atoms with Crippen molar-refractivity contribution < 1.29 is 19.1 Å². The van der Waals surface area contributed by atoms with Gasteiger partial charge in [-0.2, -0.15) is 0 Å². The van der Waals surface area contributed by atoms with Crippen LogP contribution in [0.2, 0.25) is 0 Å². The summed E-state index contributed by atoms with van der Waals surface area (Å²) in [5.41, 5.74) is 0. The van der Waals surface area contributed by atoms with E-state index in [1.54, 1.807) is 0 Å². The Morgan fingerprint density at radius 2 is 1.50 bits per heavy atom. The molecule has 0 amide bonds. The Balaban J connectivity index is 0. The topological polar surface area (TPSA) is 52.6 Å². The fourth-order valence-electron chi connectivity index (χ4n) is 1.46. The second-order valence-corrected chi connectivity index (χ2v) is 5.48. The van der Waals surface area contributed by atoms with E-state index in [1.807, 2.05) is 13.8 Å². The van der Waals surface area contributed by atoms with Crippen LogP contribution < -0.4 is 0 Å². The van der Waals surface area contributed by atoms with Crippen molar-refractivity contribution in [3.63, 3.8) is 0 Å². The van der Waals surface area contributed by atoms with Crippen molar-refractivity contribution >= 4 is 11.9 Å². The molecule has 0 rings (SSSR count). The summed E-state index contributed by atoms with van der Waals surface area (Å²) in [6.07, 6.45) is 7.02. The van der Waals surface area contributed by atoms with E-state index in [9.17, 15) is 9.59 Å². The predicted molar refractivity (Wildman–Crippen MR) is 90.5 cm³/mol. The molecule has 0 aromatic carbocycles. The minimum absolute atomic E-state index is 0.310. The monoisotopic (exact) mass is 312 g/mol. The number of carbonyl (C=O) groups is 2. The summed E-state index contributed by atoms with van der Waals surface area (Å²) in [5, 5.41) is 0. The van der Waals surface area contributed by atoms with Crippen molar-refractivity contribution in [2.45, 2.75) is 53.4 Å². The molecule has 0 radical (unpaired) electrons. The minimum Gasteiger partial charge on any atom is -0.462 e. The van der Waals surface area contributed by atoms with E-state index < -0.39 is 0 Å². The molecular formula is C18H32O4. The summed E-state index contributed by atoms with van der Waals surface area (Å²) in [6.45, 7) is 15.9. The zero-order valence-corrected chi connectivity index (χ0v) is 14.6. The van der Waals surface area contributed by atoms with Gasteiger partial charge in [0.1, 0.15) is 0 Å². The highest BCUT2D eigenvalue weighted by molar-refractivity contribution is 5.81. The number of rotatable bonds is 10. The molecule has 0 aliphatic heterocycles. The molecule has 1 atom stereocenters. The Bertz CT molecular complexity index is 321. The Labute approximate surface area is 135 Å². The lowest BCUT2D eigenvalue weighted by molar-refractivity contribution is -0.139. The third-order valence-electron chi connectivity index (χ3n) is 2.90. The van der Waals surface area contributed by atoms with E-state index in [-0.39, 0.29) is 11.9 Å².